The van der Waals surface area contributed by atoms with Crippen molar-refractivity contribution in [2.45, 2.75) is 99.3 Å². The molecule has 1 fully saturated rings. The molecule has 0 aliphatic heterocycles. The molecule has 4 atom stereocenters. The van der Waals surface area contributed by atoms with Crippen LogP contribution in [0.25, 0.3) is 0 Å². The van der Waals surface area contributed by atoms with Crippen LogP contribution in [0, 0.1) is 29.1 Å². The monoisotopic (exact) mass is 323 g/mol. The maximum atomic E-state index is 3.54. The molecular weight excluding hydrogens is 278 g/mol. The van der Waals surface area contributed by atoms with Crippen LogP contribution in [0.15, 0.2) is 0 Å². The van der Waals surface area contributed by atoms with E-state index in [1.165, 1.54) is 64.3 Å². The Labute approximate surface area is 147 Å². The van der Waals surface area contributed by atoms with Crippen LogP contribution in [0.4, 0.5) is 0 Å². The average molecular weight is 324 g/mol. The van der Waals surface area contributed by atoms with E-state index >= 15 is 0 Å². The molecule has 0 heterocycles. The van der Waals surface area contributed by atoms with E-state index in [4.69, 9.17) is 0 Å². The summed E-state index contributed by atoms with van der Waals surface area (Å²) in [7, 11) is 0. The Hall–Kier alpha value is -0.0400. The Morgan fingerprint density at radius 3 is 2.22 bits per heavy atom. The van der Waals surface area contributed by atoms with Crippen LogP contribution in [-0.4, -0.2) is 13.1 Å². The van der Waals surface area contributed by atoms with E-state index in [1.54, 1.807) is 0 Å². The summed E-state index contributed by atoms with van der Waals surface area (Å²) in [5, 5.41) is 3.54. The van der Waals surface area contributed by atoms with E-state index in [1.807, 2.05) is 0 Å². The molecule has 1 saturated carbocycles. The molecule has 0 saturated heterocycles. The lowest BCUT2D eigenvalue weighted by Crippen LogP contribution is -2.43. The van der Waals surface area contributed by atoms with Crippen molar-refractivity contribution in [2.24, 2.45) is 29.1 Å². The standard InChI is InChI=1S/C22H45N/c1-7-13-20-15-11-14-18(5)19(6)21(16-12-17-23-10-4)22(20,8-2)9-3/h18-21,23H,7-17H2,1-6H3. The molecule has 1 nitrogen and oxygen atoms in total. The third-order valence-corrected chi connectivity index (χ3v) is 7.37. The summed E-state index contributed by atoms with van der Waals surface area (Å²) in [6, 6.07) is 0. The van der Waals surface area contributed by atoms with Gasteiger partial charge in [-0.2, -0.15) is 0 Å². The van der Waals surface area contributed by atoms with Gasteiger partial charge in [-0.3, -0.25) is 0 Å². The molecule has 0 bridgehead atoms. The van der Waals surface area contributed by atoms with Crippen LogP contribution in [-0.2, 0) is 0 Å². The summed E-state index contributed by atoms with van der Waals surface area (Å²) in [4.78, 5) is 0. The van der Waals surface area contributed by atoms with E-state index < -0.39 is 0 Å². The van der Waals surface area contributed by atoms with Crippen molar-refractivity contribution in [1.29, 1.82) is 0 Å². The van der Waals surface area contributed by atoms with Gasteiger partial charge >= 0.3 is 0 Å². The highest BCUT2D eigenvalue weighted by atomic mass is 14.8. The van der Waals surface area contributed by atoms with E-state index in [-0.39, 0.29) is 0 Å². The van der Waals surface area contributed by atoms with Crippen molar-refractivity contribution in [3.8, 4) is 0 Å². The summed E-state index contributed by atoms with van der Waals surface area (Å²) in [6.45, 7) is 17.0. The maximum Gasteiger partial charge on any atom is -0.00489 e. The van der Waals surface area contributed by atoms with Crippen LogP contribution in [0.1, 0.15) is 99.3 Å². The van der Waals surface area contributed by atoms with Gasteiger partial charge in [0.15, 0.2) is 0 Å². The van der Waals surface area contributed by atoms with Crippen molar-refractivity contribution >= 4 is 0 Å². The summed E-state index contributed by atoms with van der Waals surface area (Å²) in [5.41, 5.74) is 0.594. The quantitative estimate of drug-likeness (QED) is 0.467. The van der Waals surface area contributed by atoms with Gasteiger partial charge in [0.05, 0.1) is 0 Å². The van der Waals surface area contributed by atoms with Gasteiger partial charge in [0, 0.05) is 0 Å². The molecule has 0 aromatic carbocycles. The molecule has 0 radical (unpaired) electrons. The smallest absolute Gasteiger partial charge is 0.00489 e. The topological polar surface area (TPSA) is 12.0 Å². The van der Waals surface area contributed by atoms with E-state index in [2.05, 4.69) is 46.9 Å². The first-order valence-corrected chi connectivity index (χ1v) is 10.8. The lowest BCUT2D eigenvalue weighted by Gasteiger charge is -2.51. The van der Waals surface area contributed by atoms with Gasteiger partial charge in [-0.05, 0) is 74.3 Å². The fourth-order valence-corrected chi connectivity index (χ4v) is 5.77. The number of hydrogen-bond donors (Lipinski definition) is 1. The molecule has 4 unspecified atom stereocenters. The molecule has 1 rings (SSSR count). The van der Waals surface area contributed by atoms with Gasteiger partial charge in [-0.15, -0.1) is 0 Å². The Kier molecular flexibility index (Phi) is 9.82. The van der Waals surface area contributed by atoms with Gasteiger partial charge in [0.25, 0.3) is 0 Å². The second kappa shape index (κ2) is 10.7. The zero-order chi connectivity index (χ0) is 17.3. The molecule has 23 heavy (non-hydrogen) atoms. The lowest BCUT2D eigenvalue weighted by molar-refractivity contribution is -0.0204. The van der Waals surface area contributed by atoms with Gasteiger partial charge < -0.3 is 5.32 Å². The van der Waals surface area contributed by atoms with Crippen molar-refractivity contribution in [1.82, 2.24) is 5.32 Å². The van der Waals surface area contributed by atoms with Crippen LogP contribution in [0.2, 0.25) is 0 Å². The summed E-state index contributed by atoms with van der Waals surface area (Å²) >= 11 is 0. The van der Waals surface area contributed by atoms with Crippen LogP contribution < -0.4 is 5.32 Å². The van der Waals surface area contributed by atoms with Crippen molar-refractivity contribution in [2.75, 3.05) is 13.1 Å². The highest BCUT2D eigenvalue weighted by molar-refractivity contribution is 4.95. The first-order chi connectivity index (χ1) is 11.1. The number of nitrogens with one attached hydrogen (secondary N) is 1. The fraction of sp³-hybridized carbons (Fsp3) is 1.00. The molecule has 0 aromatic heterocycles. The molecule has 138 valence electrons. The largest absolute Gasteiger partial charge is 0.317 e. The molecule has 1 heteroatoms. The zero-order valence-electron chi connectivity index (χ0n) is 17.1. The van der Waals surface area contributed by atoms with Crippen molar-refractivity contribution < 1.29 is 0 Å². The number of hydrogen-bond acceptors (Lipinski definition) is 1. The highest BCUT2D eigenvalue weighted by Gasteiger charge is 2.45. The van der Waals surface area contributed by atoms with Gasteiger partial charge in [0.1, 0.15) is 0 Å². The minimum Gasteiger partial charge on any atom is -0.317 e. The molecule has 1 N–H and O–H groups in total. The summed E-state index contributed by atoms with van der Waals surface area (Å²) < 4.78 is 0. The minimum absolute atomic E-state index is 0.594. The first kappa shape index (κ1) is 21.0. The van der Waals surface area contributed by atoms with Crippen LogP contribution in [0.5, 0.6) is 0 Å². The summed E-state index contributed by atoms with van der Waals surface area (Å²) in [6.07, 6.45) is 12.8. The lowest BCUT2D eigenvalue weighted by atomic mass is 9.54. The van der Waals surface area contributed by atoms with Crippen molar-refractivity contribution in [3.63, 3.8) is 0 Å². The van der Waals surface area contributed by atoms with Gasteiger partial charge in [-0.1, -0.05) is 67.2 Å². The fourth-order valence-electron chi connectivity index (χ4n) is 5.77. The Bertz CT molecular complexity index is 294. The number of rotatable bonds is 9. The zero-order valence-corrected chi connectivity index (χ0v) is 17.1. The second-order valence-electron chi connectivity index (χ2n) is 8.30. The maximum absolute atomic E-state index is 3.54. The van der Waals surface area contributed by atoms with E-state index in [0.717, 1.165) is 30.2 Å². The molecule has 0 aromatic rings. The van der Waals surface area contributed by atoms with Crippen LogP contribution >= 0.6 is 0 Å². The molecule has 0 spiro atoms. The highest BCUT2D eigenvalue weighted by Crippen LogP contribution is 2.54. The van der Waals surface area contributed by atoms with Gasteiger partial charge in [0.2, 0.25) is 0 Å². The SMILES string of the molecule is CCCC1CCCC(C)C(C)C(CCCNCC)C1(CC)CC. The van der Waals surface area contributed by atoms with E-state index in [9.17, 15) is 0 Å². The molecule has 1 aliphatic carbocycles. The molecule has 1 aliphatic rings. The third-order valence-electron chi connectivity index (χ3n) is 7.37. The molecular formula is C22H45N. The first-order valence-electron chi connectivity index (χ1n) is 10.8. The minimum atomic E-state index is 0.594. The molecule has 0 amide bonds. The predicted molar refractivity (Wildman–Crippen MR) is 105 cm³/mol. The predicted octanol–water partition coefficient (Wildman–Crippen LogP) is 6.67. The van der Waals surface area contributed by atoms with Crippen molar-refractivity contribution in [3.05, 3.63) is 0 Å². The van der Waals surface area contributed by atoms with Gasteiger partial charge in [-0.25, -0.2) is 0 Å². The summed E-state index contributed by atoms with van der Waals surface area (Å²) in [5.74, 6) is 3.67. The Morgan fingerprint density at radius 2 is 1.65 bits per heavy atom. The second-order valence-corrected chi connectivity index (χ2v) is 8.30. The van der Waals surface area contributed by atoms with E-state index in [0.29, 0.717) is 5.41 Å². The Balaban J connectivity index is 3.02. The normalized spacial score (nSPS) is 31.6. The third kappa shape index (κ3) is 5.21. The average Bonchev–Trinajstić information content (AvgIpc) is 2.56. The van der Waals surface area contributed by atoms with Crippen LogP contribution in [0.3, 0.4) is 0 Å². The Morgan fingerprint density at radius 1 is 0.957 bits per heavy atom.